The Morgan fingerprint density at radius 3 is 2.65 bits per heavy atom. The lowest BCUT2D eigenvalue weighted by Gasteiger charge is -2.09. The van der Waals surface area contributed by atoms with Crippen LogP contribution in [0.25, 0.3) is 0 Å². The van der Waals surface area contributed by atoms with Crippen LogP contribution in [0.4, 0.5) is 5.69 Å². The molecule has 2 rings (SSSR count). The van der Waals surface area contributed by atoms with Gasteiger partial charge in [-0.05, 0) is 31.2 Å². The quantitative estimate of drug-likeness (QED) is 0.681. The maximum Gasteiger partial charge on any atom is 0.340 e. The van der Waals surface area contributed by atoms with Crippen LogP contribution in [-0.4, -0.2) is 5.97 Å². The second-order valence-corrected chi connectivity index (χ2v) is 5.25. The molecule has 20 heavy (non-hydrogen) atoms. The predicted octanol–water partition coefficient (Wildman–Crippen LogP) is 4.24. The maximum absolute atomic E-state index is 12.0. The number of hydrogen-bond acceptors (Lipinski definition) is 3. The molecule has 0 radical (unpaired) electrons. The number of anilines is 1. The van der Waals surface area contributed by atoms with Crippen LogP contribution in [-0.2, 0) is 11.3 Å². The van der Waals surface area contributed by atoms with E-state index in [1.807, 2.05) is 13.0 Å². The van der Waals surface area contributed by atoms with Gasteiger partial charge in [-0.15, -0.1) is 0 Å². The predicted molar refractivity (Wildman–Crippen MR) is 81.2 cm³/mol. The largest absolute Gasteiger partial charge is 0.457 e. The first kappa shape index (κ1) is 14.7. The Balaban J connectivity index is 2.10. The molecule has 2 N–H and O–H groups in total. The Morgan fingerprint density at radius 1 is 1.20 bits per heavy atom. The highest BCUT2D eigenvalue weighted by Crippen LogP contribution is 2.22. The molecule has 2 aromatic rings. The van der Waals surface area contributed by atoms with Gasteiger partial charge < -0.3 is 10.5 Å². The zero-order chi connectivity index (χ0) is 14.7. The van der Waals surface area contributed by atoms with Crippen molar-refractivity contribution in [1.82, 2.24) is 0 Å². The van der Waals surface area contributed by atoms with Crippen LogP contribution in [0.5, 0.6) is 0 Å². The zero-order valence-corrected chi connectivity index (χ0v) is 12.3. The molecule has 0 atom stereocenters. The Bertz CT molecular complexity index is 656. The lowest BCUT2D eigenvalue weighted by atomic mass is 10.1. The van der Waals surface area contributed by atoms with Gasteiger partial charge >= 0.3 is 5.97 Å². The highest BCUT2D eigenvalue weighted by Gasteiger charge is 2.12. The fourth-order valence-electron chi connectivity index (χ4n) is 1.71. The molecular weight excluding hydrogens is 297 g/mol. The molecule has 3 nitrogen and oxygen atoms in total. The normalized spacial score (nSPS) is 10.3. The molecule has 0 saturated carbocycles. The number of ether oxygens (including phenoxy) is 1. The number of rotatable bonds is 3. The summed E-state index contributed by atoms with van der Waals surface area (Å²) in [6.07, 6.45) is 0. The molecule has 0 aliphatic rings. The van der Waals surface area contributed by atoms with Gasteiger partial charge in [0.25, 0.3) is 0 Å². The van der Waals surface area contributed by atoms with E-state index >= 15 is 0 Å². The number of halogens is 2. The van der Waals surface area contributed by atoms with Crippen molar-refractivity contribution < 1.29 is 9.53 Å². The number of esters is 1. The first-order chi connectivity index (χ1) is 9.47. The Kier molecular flexibility index (Phi) is 4.53. The van der Waals surface area contributed by atoms with Gasteiger partial charge in [-0.3, -0.25) is 0 Å². The second-order valence-electron chi connectivity index (χ2n) is 4.40. The second kappa shape index (κ2) is 6.16. The standard InChI is InChI=1S/C15H13Cl2NO2/c1-9-2-5-14(18)12(6-9)15(19)20-8-10-3-4-11(16)7-13(10)17/h2-7H,8,18H2,1H3. The van der Waals surface area contributed by atoms with Crippen molar-refractivity contribution in [3.63, 3.8) is 0 Å². The summed E-state index contributed by atoms with van der Waals surface area (Å²) in [4.78, 5) is 12.0. The molecule has 0 fully saturated rings. The van der Waals surface area contributed by atoms with Gasteiger partial charge in [0.2, 0.25) is 0 Å². The summed E-state index contributed by atoms with van der Waals surface area (Å²) in [5.74, 6) is -0.475. The maximum atomic E-state index is 12.0. The number of aryl methyl sites for hydroxylation is 1. The SMILES string of the molecule is Cc1ccc(N)c(C(=O)OCc2ccc(Cl)cc2Cl)c1. The highest BCUT2D eigenvalue weighted by molar-refractivity contribution is 6.35. The van der Waals surface area contributed by atoms with E-state index in [1.54, 1.807) is 30.3 Å². The van der Waals surface area contributed by atoms with E-state index in [1.165, 1.54) is 0 Å². The number of carbonyl (C=O) groups is 1. The van der Waals surface area contributed by atoms with E-state index in [-0.39, 0.29) is 6.61 Å². The first-order valence-corrected chi connectivity index (χ1v) is 6.70. The molecule has 0 unspecified atom stereocenters. The van der Waals surface area contributed by atoms with Gasteiger partial charge in [0.1, 0.15) is 6.61 Å². The summed E-state index contributed by atoms with van der Waals surface area (Å²) in [5, 5.41) is 0.996. The number of nitrogens with two attached hydrogens (primary N) is 1. The van der Waals surface area contributed by atoms with E-state index in [0.29, 0.717) is 26.9 Å². The number of carbonyl (C=O) groups excluding carboxylic acids is 1. The minimum atomic E-state index is -0.475. The lowest BCUT2D eigenvalue weighted by molar-refractivity contribution is 0.0474. The van der Waals surface area contributed by atoms with Crippen LogP contribution in [0.2, 0.25) is 10.0 Å². The van der Waals surface area contributed by atoms with Gasteiger partial charge in [0, 0.05) is 21.3 Å². The summed E-state index contributed by atoms with van der Waals surface area (Å²) in [5.41, 5.74) is 8.14. The minimum absolute atomic E-state index is 0.0716. The molecule has 0 spiro atoms. The lowest BCUT2D eigenvalue weighted by Crippen LogP contribution is -2.08. The smallest absolute Gasteiger partial charge is 0.340 e. The molecule has 0 amide bonds. The van der Waals surface area contributed by atoms with Crippen molar-refractivity contribution in [2.45, 2.75) is 13.5 Å². The highest BCUT2D eigenvalue weighted by atomic mass is 35.5. The summed E-state index contributed by atoms with van der Waals surface area (Å²) >= 11 is 11.8. The molecular formula is C15H13Cl2NO2. The van der Waals surface area contributed by atoms with Crippen LogP contribution in [0.3, 0.4) is 0 Å². The summed E-state index contributed by atoms with van der Waals surface area (Å²) in [6, 6.07) is 10.2. The van der Waals surface area contributed by atoms with Crippen molar-refractivity contribution >= 4 is 34.9 Å². The van der Waals surface area contributed by atoms with Gasteiger partial charge in [0.15, 0.2) is 0 Å². The molecule has 5 heteroatoms. The van der Waals surface area contributed by atoms with Crippen molar-refractivity contribution in [3.8, 4) is 0 Å². The van der Waals surface area contributed by atoms with E-state index in [2.05, 4.69) is 0 Å². The number of benzene rings is 2. The topological polar surface area (TPSA) is 52.3 Å². The first-order valence-electron chi connectivity index (χ1n) is 5.94. The third-order valence-corrected chi connectivity index (χ3v) is 3.39. The van der Waals surface area contributed by atoms with E-state index < -0.39 is 5.97 Å². The summed E-state index contributed by atoms with van der Waals surface area (Å²) in [6.45, 7) is 1.95. The van der Waals surface area contributed by atoms with Gasteiger partial charge in [-0.25, -0.2) is 4.79 Å². The third-order valence-electron chi connectivity index (χ3n) is 2.80. The van der Waals surface area contributed by atoms with Crippen LogP contribution < -0.4 is 5.73 Å². The van der Waals surface area contributed by atoms with Gasteiger partial charge in [0.05, 0.1) is 5.56 Å². The third kappa shape index (κ3) is 3.44. The van der Waals surface area contributed by atoms with Crippen molar-refractivity contribution in [2.75, 3.05) is 5.73 Å². The average molecular weight is 310 g/mol. The minimum Gasteiger partial charge on any atom is -0.457 e. The molecule has 0 saturated heterocycles. The average Bonchev–Trinajstić information content (AvgIpc) is 2.40. The van der Waals surface area contributed by atoms with Crippen LogP contribution in [0, 0.1) is 6.92 Å². The Hall–Kier alpha value is -1.71. The molecule has 0 aromatic heterocycles. The van der Waals surface area contributed by atoms with Crippen molar-refractivity contribution in [1.29, 1.82) is 0 Å². The van der Waals surface area contributed by atoms with Crippen LogP contribution in [0.15, 0.2) is 36.4 Å². The monoisotopic (exact) mass is 309 g/mol. The van der Waals surface area contributed by atoms with Crippen LogP contribution >= 0.6 is 23.2 Å². The van der Waals surface area contributed by atoms with Crippen molar-refractivity contribution in [3.05, 3.63) is 63.1 Å². The Morgan fingerprint density at radius 2 is 1.95 bits per heavy atom. The molecule has 104 valence electrons. The van der Waals surface area contributed by atoms with E-state index in [9.17, 15) is 4.79 Å². The number of hydrogen-bond donors (Lipinski definition) is 1. The van der Waals surface area contributed by atoms with E-state index in [4.69, 9.17) is 33.7 Å². The summed E-state index contributed by atoms with van der Waals surface area (Å²) < 4.78 is 5.22. The van der Waals surface area contributed by atoms with Crippen molar-refractivity contribution in [2.24, 2.45) is 0 Å². The molecule has 0 aliphatic heterocycles. The fraction of sp³-hybridized carbons (Fsp3) is 0.133. The van der Waals surface area contributed by atoms with Gasteiger partial charge in [-0.1, -0.05) is 40.9 Å². The fourth-order valence-corrected chi connectivity index (χ4v) is 2.17. The Labute approximate surface area is 127 Å². The van der Waals surface area contributed by atoms with E-state index in [0.717, 1.165) is 5.56 Å². The number of nitrogen functional groups attached to an aromatic ring is 1. The zero-order valence-electron chi connectivity index (χ0n) is 10.8. The van der Waals surface area contributed by atoms with Crippen LogP contribution in [0.1, 0.15) is 21.5 Å². The summed E-state index contributed by atoms with van der Waals surface area (Å²) in [7, 11) is 0. The van der Waals surface area contributed by atoms with Gasteiger partial charge in [-0.2, -0.15) is 0 Å². The molecule has 2 aromatic carbocycles. The molecule has 0 heterocycles. The molecule has 0 aliphatic carbocycles. The molecule has 0 bridgehead atoms.